The minimum Gasteiger partial charge on any atom is -0.478 e. The molecule has 0 unspecified atom stereocenters. The molecule has 0 aliphatic carbocycles. The topological polar surface area (TPSA) is 55.1 Å². The number of benzene rings is 1. The number of carboxylic acids is 1. The summed E-state index contributed by atoms with van der Waals surface area (Å²) < 4.78 is 14.8. The van der Waals surface area contributed by atoms with Gasteiger partial charge in [-0.05, 0) is 24.3 Å². The standard InChI is InChI=1S/C11H9FN2O2/c1-14-3-2-10(13-14)7-4-8(11(15)16)6-9(12)5-7/h2-6H,1H3,(H,15,16). The molecule has 0 amide bonds. The summed E-state index contributed by atoms with van der Waals surface area (Å²) >= 11 is 0. The first-order valence-electron chi connectivity index (χ1n) is 4.60. The molecule has 0 saturated carbocycles. The highest BCUT2D eigenvalue weighted by Crippen LogP contribution is 2.20. The maximum Gasteiger partial charge on any atom is 0.335 e. The van der Waals surface area contributed by atoms with Crippen molar-refractivity contribution < 1.29 is 14.3 Å². The van der Waals surface area contributed by atoms with Crippen LogP contribution < -0.4 is 0 Å². The summed E-state index contributed by atoms with van der Waals surface area (Å²) in [5.41, 5.74) is 0.920. The van der Waals surface area contributed by atoms with Gasteiger partial charge in [-0.15, -0.1) is 0 Å². The summed E-state index contributed by atoms with van der Waals surface area (Å²) in [6, 6.07) is 5.33. The van der Waals surface area contributed by atoms with E-state index in [4.69, 9.17) is 5.11 Å². The van der Waals surface area contributed by atoms with Crippen molar-refractivity contribution in [3.63, 3.8) is 0 Å². The van der Waals surface area contributed by atoms with Gasteiger partial charge in [-0.2, -0.15) is 5.10 Å². The molecular weight excluding hydrogens is 211 g/mol. The molecule has 0 radical (unpaired) electrons. The second-order valence-electron chi connectivity index (χ2n) is 3.41. The van der Waals surface area contributed by atoms with Crippen LogP contribution in [0.3, 0.4) is 0 Å². The highest BCUT2D eigenvalue weighted by Gasteiger charge is 2.09. The van der Waals surface area contributed by atoms with Gasteiger partial charge in [0.2, 0.25) is 0 Å². The van der Waals surface area contributed by atoms with Crippen LogP contribution in [0.2, 0.25) is 0 Å². The third-order valence-electron chi connectivity index (χ3n) is 2.15. The molecule has 0 aliphatic heterocycles. The van der Waals surface area contributed by atoms with Crippen LogP contribution >= 0.6 is 0 Å². The van der Waals surface area contributed by atoms with Crippen molar-refractivity contribution in [3.8, 4) is 11.3 Å². The van der Waals surface area contributed by atoms with E-state index in [1.165, 1.54) is 12.1 Å². The lowest BCUT2D eigenvalue weighted by Crippen LogP contribution is -1.98. The van der Waals surface area contributed by atoms with Crippen molar-refractivity contribution >= 4 is 5.97 Å². The Hall–Kier alpha value is -2.17. The van der Waals surface area contributed by atoms with Crippen molar-refractivity contribution in [1.82, 2.24) is 9.78 Å². The Labute approximate surface area is 90.9 Å². The van der Waals surface area contributed by atoms with Crippen LogP contribution in [0.4, 0.5) is 4.39 Å². The normalized spacial score (nSPS) is 10.4. The lowest BCUT2D eigenvalue weighted by Gasteiger charge is -2.00. The largest absolute Gasteiger partial charge is 0.478 e. The summed E-state index contributed by atoms with van der Waals surface area (Å²) in [5.74, 6) is -1.74. The molecular formula is C11H9FN2O2. The smallest absolute Gasteiger partial charge is 0.335 e. The Kier molecular flexibility index (Phi) is 2.44. The van der Waals surface area contributed by atoms with E-state index >= 15 is 0 Å². The van der Waals surface area contributed by atoms with Gasteiger partial charge in [0.25, 0.3) is 0 Å². The Morgan fingerprint density at radius 1 is 1.44 bits per heavy atom. The van der Waals surface area contributed by atoms with Crippen LogP contribution in [0.1, 0.15) is 10.4 Å². The maximum absolute atomic E-state index is 13.2. The summed E-state index contributed by atoms with van der Waals surface area (Å²) in [7, 11) is 1.74. The van der Waals surface area contributed by atoms with Crippen molar-refractivity contribution in [1.29, 1.82) is 0 Å². The number of hydrogen-bond acceptors (Lipinski definition) is 2. The van der Waals surface area contributed by atoms with E-state index in [1.807, 2.05) is 0 Å². The van der Waals surface area contributed by atoms with Crippen LogP contribution in [-0.2, 0) is 7.05 Å². The van der Waals surface area contributed by atoms with Crippen molar-refractivity contribution in [2.45, 2.75) is 0 Å². The fourth-order valence-corrected chi connectivity index (χ4v) is 1.43. The molecule has 16 heavy (non-hydrogen) atoms. The number of nitrogens with zero attached hydrogens (tertiary/aromatic N) is 2. The van der Waals surface area contributed by atoms with Crippen molar-refractivity contribution in [2.24, 2.45) is 7.05 Å². The minimum atomic E-state index is -1.16. The Morgan fingerprint density at radius 2 is 2.19 bits per heavy atom. The van der Waals surface area contributed by atoms with Gasteiger partial charge in [0.15, 0.2) is 0 Å². The van der Waals surface area contributed by atoms with E-state index in [1.54, 1.807) is 24.0 Å². The van der Waals surface area contributed by atoms with E-state index in [-0.39, 0.29) is 5.56 Å². The molecule has 1 N–H and O–H groups in total. The zero-order valence-corrected chi connectivity index (χ0v) is 8.51. The molecule has 1 aromatic carbocycles. The van der Waals surface area contributed by atoms with Gasteiger partial charge >= 0.3 is 5.97 Å². The molecule has 0 fully saturated rings. The number of aromatic carboxylic acids is 1. The molecule has 0 aliphatic rings. The van der Waals surface area contributed by atoms with Crippen molar-refractivity contribution in [2.75, 3.05) is 0 Å². The number of carbonyl (C=O) groups is 1. The van der Waals surface area contributed by atoms with Gasteiger partial charge in [0.05, 0.1) is 11.3 Å². The highest BCUT2D eigenvalue weighted by molar-refractivity contribution is 5.89. The molecule has 0 saturated heterocycles. The predicted molar refractivity (Wildman–Crippen MR) is 55.6 cm³/mol. The second-order valence-corrected chi connectivity index (χ2v) is 3.41. The summed E-state index contributed by atoms with van der Waals surface area (Å²) in [6.45, 7) is 0. The number of rotatable bonds is 2. The first kappa shape index (κ1) is 10.4. The molecule has 1 aromatic heterocycles. The van der Waals surface area contributed by atoms with Crippen molar-refractivity contribution in [3.05, 3.63) is 41.8 Å². The second kappa shape index (κ2) is 3.77. The van der Waals surface area contributed by atoms with E-state index in [0.29, 0.717) is 11.3 Å². The number of carboxylic acid groups (broad SMARTS) is 1. The third-order valence-corrected chi connectivity index (χ3v) is 2.15. The van der Waals surface area contributed by atoms with Crippen LogP contribution in [-0.4, -0.2) is 20.9 Å². The van der Waals surface area contributed by atoms with E-state index < -0.39 is 11.8 Å². The van der Waals surface area contributed by atoms with Gasteiger partial charge in [-0.1, -0.05) is 0 Å². The zero-order chi connectivity index (χ0) is 11.7. The van der Waals surface area contributed by atoms with Crippen LogP contribution in [0.15, 0.2) is 30.5 Å². The molecule has 82 valence electrons. The summed E-state index contributed by atoms with van der Waals surface area (Å²) in [4.78, 5) is 10.7. The molecule has 2 aromatic rings. The van der Waals surface area contributed by atoms with Gasteiger partial charge < -0.3 is 5.11 Å². The minimum absolute atomic E-state index is 0.0827. The van der Waals surface area contributed by atoms with Gasteiger partial charge in [0, 0.05) is 18.8 Å². The van der Waals surface area contributed by atoms with Gasteiger partial charge in [-0.3, -0.25) is 4.68 Å². The number of aryl methyl sites for hydroxylation is 1. The lowest BCUT2D eigenvalue weighted by atomic mass is 10.1. The fraction of sp³-hybridized carbons (Fsp3) is 0.0909. The van der Waals surface area contributed by atoms with Crippen LogP contribution in [0.5, 0.6) is 0 Å². The summed E-state index contributed by atoms with van der Waals surface area (Å²) in [5, 5.41) is 12.9. The molecule has 0 atom stereocenters. The average molecular weight is 220 g/mol. The first-order chi connectivity index (χ1) is 7.56. The van der Waals surface area contributed by atoms with Crippen LogP contribution in [0, 0.1) is 5.82 Å². The Morgan fingerprint density at radius 3 is 2.75 bits per heavy atom. The SMILES string of the molecule is Cn1ccc(-c2cc(F)cc(C(=O)O)c2)n1. The number of hydrogen-bond donors (Lipinski definition) is 1. The molecule has 4 nitrogen and oxygen atoms in total. The third kappa shape index (κ3) is 1.93. The van der Waals surface area contributed by atoms with E-state index in [0.717, 1.165) is 6.07 Å². The lowest BCUT2D eigenvalue weighted by molar-refractivity contribution is 0.0696. The molecule has 5 heteroatoms. The predicted octanol–water partition coefficient (Wildman–Crippen LogP) is 1.92. The van der Waals surface area contributed by atoms with Crippen LogP contribution in [0.25, 0.3) is 11.3 Å². The van der Waals surface area contributed by atoms with Gasteiger partial charge in [-0.25, -0.2) is 9.18 Å². The molecule has 2 rings (SSSR count). The molecule has 1 heterocycles. The van der Waals surface area contributed by atoms with Gasteiger partial charge in [0.1, 0.15) is 5.82 Å². The zero-order valence-electron chi connectivity index (χ0n) is 8.51. The highest BCUT2D eigenvalue weighted by atomic mass is 19.1. The Bertz CT molecular complexity index is 549. The monoisotopic (exact) mass is 220 g/mol. The first-order valence-corrected chi connectivity index (χ1v) is 4.60. The Balaban J connectivity index is 2.53. The average Bonchev–Trinajstić information content (AvgIpc) is 2.64. The number of halogens is 1. The quantitative estimate of drug-likeness (QED) is 0.841. The molecule has 0 bridgehead atoms. The fourth-order valence-electron chi connectivity index (χ4n) is 1.43. The maximum atomic E-state index is 13.2. The summed E-state index contributed by atoms with van der Waals surface area (Å²) in [6.07, 6.45) is 1.71. The van der Waals surface area contributed by atoms with E-state index in [2.05, 4.69) is 5.10 Å². The molecule has 0 spiro atoms. The number of aromatic nitrogens is 2. The van der Waals surface area contributed by atoms with E-state index in [9.17, 15) is 9.18 Å².